The topological polar surface area (TPSA) is 71.3 Å². The van der Waals surface area contributed by atoms with Crippen molar-refractivity contribution in [2.24, 2.45) is 13.0 Å². The Hall–Kier alpha value is -3.22. The van der Waals surface area contributed by atoms with Crippen LogP contribution in [0.3, 0.4) is 0 Å². The third-order valence-electron chi connectivity index (χ3n) is 5.29. The molecule has 0 N–H and O–H groups in total. The minimum atomic E-state index is -0.316. The highest BCUT2D eigenvalue weighted by Crippen LogP contribution is 2.23. The molecule has 1 aliphatic rings. The molecule has 0 bridgehead atoms. The largest absolute Gasteiger partial charge is 0.338 e. The lowest BCUT2D eigenvalue weighted by Crippen LogP contribution is -2.34. The lowest BCUT2D eigenvalue weighted by Gasteiger charge is -2.21. The number of para-hydroxylation sites is 2. The van der Waals surface area contributed by atoms with Crippen molar-refractivity contribution in [2.75, 3.05) is 13.6 Å². The number of hydrogen-bond acceptors (Lipinski definition) is 4. The summed E-state index contributed by atoms with van der Waals surface area (Å²) in [6.07, 6.45) is 3.71. The van der Waals surface area contributed by atoms with Crippen LogP contribution in [0.4, 0.5) is 0 Å². The Balaban J connectivity index is 1.42. The van der Waals surface area contributed by atoms with E-state index in [2.05, 4.69) is 9.97 Å². The van der Waals surface area contributed by atoms with Gasteiger partial charge in [0, 0.05) is 46.0 Å². The number of rotatable bonds is 5. The minimum absolute atomic E-state index is 0.0123. The molecule has 7 heteroatoms. The summed E-state index contributed by atoms with van der Waals surface area (Å²) in [5.74, 6) is 0.505. The van der Waals surface area contributed by atoms with Crippen molar-refractivity contribution in [1.82, 2.24) is 24.3 Å². The molecule has 1 saturated heterocycles. The van der Waals surface area contributed by atoms with Gasteiger partial charge in [0.25, 0.3) is 0 Å². The van der Waals surface area contributed by atoms with Gasteiger partial charge < -0.3 is 14.4 Å². The number of amides is 2. The van der Waals surface area contributed by atoms with E-state index in [4.69, 9.17) is 0 Å². The van der Waals surface area contributed by atoms with Gasteiger partial charge in [-0.15, -0.1) is 0 Å². The van der Waals surface area contributed by atoms with Crippen LogP contribution in [0.5, 0.6) is 0 Å². The fourth-order valence-electron chi connectivity index (χ4n) is 3.74. The van der Waals surface area contributed by atoms with E-state index >= 15 is 0 Å². The molecule has 144 valence electrons. The molecule has 0 aliphatic carbocycles. The van der Waals surface area contributed by atoms with Gasteiger partial charge in [0.05, 0.1) is 23.5 Å². The van der Waals surface area contributed by atoms with Crippen LogP contribution in [0.1, 0.15) is 17.8 Å². The molecule has 3 aromatic rings. The SMILES string of the molecule is CN(Cc1nc2ccccc2n1C)C(=O)C1CC(=O)N(Cc2cccnc2)C1. The molecule has 2 amide bonds. The van der Waals surface area contributed by atoms with E-state index in [-0.39, 0.29) is 24.2 Å². The van der Waals surface area contributed by atoms with Crippen LogP contribution in [-0.2, 0) is 29.7 Å². The molecule has 2 aromatic heterocycles. The molecule has 4 rings (SSSR count). The van der Waals surface area contributed by atoms with E-state index in [0.717, 1.165) is 22.4 Å². The fourth-order valence-corrected chi connectivity index (χ4v) is 3.74. The van der Waals surface area contributed by atoms with E-state index in [1.807, 2.05) is 48.0 Å². The number of nitrogens with zero attached hydrogens (tertiary/aromatic N) is 5. The van der Waals surface area contributed by atoms with E-state index in [1.54, 1.807) is 29.2 Å². The number of imidazole rings is 1. The zero-order valence-electron chi connectivity index (χ0n) is 16.1. The van der Waals surface area contributed by atoms with Crippen LogP contribution >= 0.6 is 0 Å². The monoisotopic (exact) mass is 377 g/mol. The van der Waals surface area contributed by atoms with Gasteiger partial charge >= 0.3 is 0 Å². The van der Waals surface area contributed by atoms with Gasteiger partial charge in [-0.3, -0.25) is 14.6 Å². The summed E-state index contributed by atoms with van der Waals surface area (Å²) in [4.78, 5) is 37.4. The van der Waals surface area contributed by atoms with Crippen LogP contribution in [0.15, 0.2) is 48.8 Å². The summed E-state index contributed by atoms with van der Waals surface area (Å²) >= 11 is 0. The summed E-state index contributed by atoms with van der Waals surface area (Å²) in [5.41, 5.74) is 2.92. The minimum Gasteiger partial charge on any atom is -0.338 e. The average molecular weight is 377 g/mol. The van der Waals surface area contributed by atoms with Gasteiger partial charge in [0.2, 0.25) is 11.8 Å². The molecule has 7 nitrogen and oxygen atoms in total. The van der Waals surface area contributed by atoms with Crippen LogP contribution < -0.4 is 0 Å². The predicted molar refractivity (Wildman–Crippen MR) is 105 cm³/mol. The second-order valence-corrected chi connectivity index (χ2v) is 7.31. The molecule has 1 unspecified atom stereocenters. The zero-order chi connectivity index (χ0) is 19.7. The fraction of sp³-hybridized carbons (Fsp3) is 0.333. The zero-order valence-corrected chi connectivity index (χ0v) is 16.1. The van der Waals surface area contributed by atoms with Crippen molar-refractivity contribution in [3.05, 3.63) is 60.2 Å². The Bertz CT molecular complexity index is 1010. The highest BCUT2D eigenvalue weighted by molar-refractivity contribution is 5.89. The first-order chi connectivity index (χ1) is 13.5. The standard InChI is InChI=1S/C21H23N5O2/c1-24(14-19-23-17-7-3-4-8-18(17)25(19)2)21(28)16-10-20(27)26(13-16)12-15-6-5-9-22-11-15/h3-9,11,16H,10,12-14H2,1-2H3. The van der Waals surface area contributed by atoms with Crippen LogP contribution in [-0.4, -0.2) is 49.7 Å². The molecule has 1 atom stereocenters. The molecule has 1 aliphatic heterocycles. The van der Waals surface area contributed by atoms with Gasteiger partial charge in [-0.05, 0) is 23.8 Å². The number of hydrogen-bond donors (Lipinski definition) is 0. The Kier molecular flexibility index (Phi) is 4.81. The quantitative estimate of drug-likeness (QED) is 0.682. The Morgan fingerprint density at radius 2 is 2.07 bits per heavy atom. The molecule has 28 heavy (non-hydrogen) atoms. The number of aromatic nitrogens is 3. The number of likely N-dealkylation sites (tertiary alicyclic amines) is 1. The Morgan fingerprint density at radius 3 is 2.82 bits per heavy atom. The molecular formula is C21H23N5O2. The number of benzene rings is 1. The predicted octanol–water partition coefficient (Wildman–Crippen LogP) is 1.98. The van der Waals surface area contributed by atoms with Crippen molar-refractivity contribution in [1.29, 1.82) is 0 Å². The Labute approximate surface area is 163 Å². The molecule has 3 heterocycles. The first-order valence-corrected chi connectivity index (χ1v) is 9.35. The van der Waals surface area contributed by atoms with Crippen molar-refractivity contribution < 1.29 is 9.59 Å². The maximum atomic E-state index is 12.9. The van der Waals surface area contributed by atoms with Gasteiger partial charge in [-0.2, -0.15) is 0 Å². The van der Waals surface area contributed by atoms with E-state index < -0.39 is 0 Å². The average Bonchev–Trinajstić information content (AvgIpc) is 3.22. The van der Waals surface area contributed by atoms with Gasteiger partial charge in [-0.1, -0.05) is 18.2 Å². The second kappa shape index (κ2) is 7.42. The number of carbonyl (C=O) groups is 2. The number of fused-ring (bicyclic) bond motifs is 1. The number of aryl methyl sites for hydroxylation is 1. The van der Waals surface area contributed by atoms with Crippen molar-refractivity contribution in [3.63, 3.8) is 0 Å². The lowest BCUT2D eigenvalue weighted by molar-refractivity contribution is -0.135. The Morgan fingerprint density at radius 1 is 1.25 bits per heavy atom. The first-order valence-electron chi connectivity index (χ1n) is 9.35. The molecular weight excluding hydrogens is 354 g/mol. The number of pyridine rings is 1. The smallest absolute Gasteiger partial charge is 0.228 e. The van der Waals surface area contributed by atoms with Crippen molar-refractivity contribution in [3.8, 4) is 0 Å². The normalized spacial score (nSPS) is 16.7. The summed E-state index contributed by atoms with van der Waals surface area (Å²) in [6.45, 7) is 1.35. The molecule has 1 aromatic carbocycles. The summed E-state index contributed by atoms with van der Waals surface area (Å²) in [5, 5.41) is 0. The number of carbonyl (C=O) groups excluding carboxylic acids is 2. The van der Waals surface area contributed by atoms with Crippen LogP contribution in [0.2, 0.25) is 0 Å². The summed E-state index contributed by atoms with van der Waals surface area (Å²) in [7, 11) is 3.73. The molecule has 0 spiro atoms. The van der Waals surface area contributed by atoms with Crippen molar-refractivity contribution in [2.45, 2.75) is 19.5 Å². The summed E-state index contributed by atoms with van der Waals surface area (Å²) < 4.78 is 2.01. The maximum Gasteiger partial charge on any atom is 0.228 e. The van der Waals surface area contributed by atoms with E-state index in [9.17, 15) is 9.59 Å². The highest BCUT2D eigenvalue weighted by atomic mass is 16.2. The molecule has 0 radical (unpaired) electrons. The van der Waals surface area contributed by atoms with Crippen molar-refractivity contribution >= 4 is 22.8 Å². The van der Waals surface area contributed by atoms with Crippen LogP contribution in [0, 0.1) is 5.92 Å². The second-order valence-electron chi connectivity index (χ2n) is 7.31. The van der Waals surface area contributed by atoms with E-state index in [1.165, 1.54) is 0 Å². The van der Waals surface area contributed by atoms with Crippen LogP contribution in [0.25, 0.3) is 11.0 Å². The molecule has 1 fully saturated rings. The third-order valence-corrected chi connectivity index (χ3v) is 5.29. The first kappa shape index (κ1) is 18.2. The molecule has 0 saturated carbocycles. The summed E-state index contributed by atoms with van der Waals surface area (Å²) in [6, 6.07) is 11.7. The van der Waals surface area contributed by atoms with Gasteiger partial charge in [-0.25, -0.2) is 4.98 Å². The van der Waals surface area contributed by atoms with Gasteiger partial charge in [0.1, 0.15) is 5.82 Å². The third kappa shape index (κ3) is 3.47. The van der Waals surface area contributed by atoms with Gasteiger partial charge in [0.15, 0.2) is 0 Å². The lowest BCUT2D eigenvalue weighted by atomic mass is 10.1. The maximum absolute atomic E-state index is 12.9. The van der Waals surface area contributed by atoms with E-state index in [0.29, 0.717) is 19.6 Å². The highest BCUT2D eigenvalue weighted by Gasteiger charge is 2.35.